The van der Waals surface area contributed by atoms with Gasteiger partial charge >= 0.3 is 0 Å². The topological polar surface area (TPSA) is 43.1 Å². The average molecular weight is 251 g/mol. The number of nitrogens with two attached hydrogens (primary N) is 1. The molecule has 2 nitrogen and oxygen atoms in total. The number of aryl methyl sites for hydroxylation is 1. The van der Waals surface area contributed by atoms with E-state index in [1.807, 2.05) is 41.9 Å². The number of rotatable bonds is 3. The van der Waals surface area contributed by atoms with E-state index in [1.54, 1.807) is 11.3 Å². The minimum absolute atomic E-state index is 0.539. The Hall–Kier alpha value is -1.13. The zero-order chi connectivity index (χ0) is 11.5. The van der Waals surface area contributed by atoms with Gasteiger partial charge in [0.25, 0.3) is 0 Å². The quantitative estimate of drug-likeness (QED) is 0.852. The number of anilines is 1. The first kappa shape index (κ1) is 11.4. The van der Waals surface area contributed by atoms with Gasteiger partial charge in [0, 0.05) is 5.69 Å². The summed E-state index contributed by atoms with van der Waals surface area (Å²) in [4.78, 5) is 0.742. The molecule has 1 aromatic carbocycles. The molecule has 0 aliphatic heterocycles. The van der Waals surface area contributed by atoms with Crippen molar-refractivity contribution >= 4 is 27.8 Å². The van der Waals surface area contributed by atoms with E-state index >= 15 is 0 Å². The number of thiophene rings is 1. The first-order valence-corrected chi connectivity index (χ1v) is 7.18. The molecule has 1 atom stereocenters. The van der Waals surface area contributed by atoms with E-state index in [9.17, 15) is 4.21 Å². The third-order valence-electron chi connectivity index (χ3n) is 2.29. The minimum Gasteiger partial charge on any atom is -0.398 e. The molecule has 4 heteroatoms. The van der Waals surface area contributed by atoms with Crippen molar-refractivity contribution in [1.82, 2.24) is 0 Å². The van der Waals surface area contributed by atoms with Gasteiger partial charge in [-0.25, -0.2) is 0 Å². The van der Waals surface area contributed by atoms with Crippen LogP contribution in [0.3, 0.4) is 0 Å². The lowest BCUT2D eigenvalue weighted by Gasteiger charge is -2.06. The van der Waals surface area contributed by atoms with Crippen LogP contribution in [0.4, 0.5) is 5.69 Å². The van der Waals surface area contributed by atoms with Gasteiger partial charge in [0.2, 0.25) is 0 Å². The van der Waals surface area contributed by atoms with E-state index in [4.69, 9.17) is 5.73 Å². The molecule has 0 radical (unpaired) electrons. The predicted molar refractivity (Wildman–Crippen MR) is 70.0 cm³/mol. The number of hydrogen-bond acceptors (Lipinski definition) is 3. The standard InChI is InChI=1S/C12H13NOS2/c1-9-2-3-11(13)12(6-9)16(14)8-10-4-5-15-7-10/h2-7H,8,13H2,1H3. The van der Waals surface area contributed by atoms with Gasteiger partial charge in [-0.1, -0.05) is 6.07 Å². The molecular weight excluding hydrogens is 238 g/mol. The fourth-order valence-corrected chi connectivity index (χ4v) is 3.50. The highest BCUT2D eigenvalue weighted by atomic mass is 32.2. The van der Waals surface area contributed by atoms with Crippen LogP contribution in [0.15, 0.2) is 39.9 Å². The Morgan fingerprint density at radius 2 is 2.19 bits per heavy atom. The highest BCUT2D eigenvalue weighted by molar-refractivity contribution is 7.84. The van der Waals surface area contributed by atoms with Gasteiger partial charge in [-0.15, -0.1) is 0 Å². The van der Waals surface area contributed by atoms with Crippen LogP contribution in [0.2, 0.25) is 0 Å². The molecule has 2 aromatic rings. The van der Waals surface area contributed by atoms with Crippen LogP contribution >= 0.6 is 11.3 Å². The normalized spacial score (nSPS) is 12.6. The Morgan fingerprint density at radius 1 is 1.38 bits per heavy atom. The molecule has 2 N–H and O–H groups in total. The van der Waals surface area contributed by atoms with Crippen molar-refractivity contribution in [3.63, 3.8) is 0 Å². The zero-order valence-corrected chi connectivity index (χ0v) is 10.6. The Labute approximate surface area is 102 Å². The molecule has 0 spiro atoms. The van der Waals surface area contributed by atoms with E-state index in [1.165, 1.54) is 0 Å². The Kier molecular flexibility index (Phi) is 3.41. The van der Waals surface area contributed by atoms with Crippen LogP contribution in [0.1, 0.15) is 11.1 Å². The highest BCUT2D eigenvalue weighted by Crippen LogP contribution is 2.21. The molecule has 1 unspecified atom stereocenters. The second kappa shape index (κ2) is 4.80. The van der Waals surface area contributed by atoms with Gasteiger partial charge in [0.05, 0.1) is 21.4 Å². The fraction of sp³-hybridized carbons (Fsp3) is 0.167. The molecule has 0 fully saturated rings. The summed E-state index contributed by atoms with van der Waals surface area (Å²) in [5, 5.41) is 4.01. The molecule has 1 heterocycles. The Morgan fingerprint density at radius 3 is 2.88 bits per heavy atom. The van der Waals surface area contributed by atoms with Gasteiger partial charge in [0.15, 0.2) is 0 Å². The summed E-state index contributed by atoms with van der Waals surface area (Å²) < 4.78 is 12.1. The first-order valence-electron chi connectivity index (χ1n) is 4.92. The summed E-state index contributed by atoms with van der Waals surface area (Å²) >= 11 is 1.62. The maximum absolute atomic E-state index is 12.1. The third-order valence-corrected chi connectivity index (χ3v) is 4.46. The van der Waals surface area contributed by atoms with Gasteiger partial charge < -0.3 is 5.73 Å². The summed E-state index contributed by atoms with van der Waals surface area (Å²) in [5.41, 5.74) is 8.63. The van der Waals surface area contributed by atoms with Crippen molar-refractivity contribution in [3.05, 3.63) is 46.2 Å². The SMILES string of the molecule is Cc1ccc(N)c(S(=O)Cc2ccsc2)c1. The van der Waals surface area contributed by atoms with Crippen molar-refractivity contribution < 1.29 is 4.21 Å². The minimum atomic E-state index is -1.05. The van der Waals surface area contributed by atoms with E-state index in [-0.39, 0.29) is 0 Å². The molecule has 0 bridgehead atoms. The number of benzene rings is 1. The predicted octanol–water partition coefficient (Wildman–Crippen LogP) is 2.95. The molecule has 0 saturated heterocycles. The van der Waals surface area contributed by atoms with Crippen molar-refractivity contribution in [3.8, 4) is 0 Å². The van der Waals surface area contributed by atoms with E-state index in [2.05, 4.69) is 0 Å². The maximum Gasteiger partial charge on any atom is 0.0623 e. The van der Waals surface area contributed by atoms with E-state index < -0.39 is 10.8 Å². The first-order chi connectivity index (χ1) is 7.66. The lowest BCUT2D eigenvalue weighted by molar-refractivity contribution is 0.683. The van der Waals surface area contributed by atoms with E-state index in [0.29, 0.717) is 11.4 Å². The van der Waals surface area contributed by atoms with Crippen LogP contribution in [-0.4, -0.2) is 4.21 Å². The molecule has 0 aliphatic carbocycles. The molecular formula is C12H13NOS2. The molecule has 2 rings (SSSR count). The van der Waals surface area contributed by atoms with Crippen molar-refractivity contribution in [2.45, 2.75) is 17.6 Å². The second-order valence-electron chi connectivity index (χ2n) is 3.66. The van der Waals surface area contributed by atoms with Crippen LogP contribution < -0.4 is 5.73 Å². The van der Waals surface area contributed by atoms with Gasteiger partial charge in [-0.05, 0) is 47.0 Å². The fourth-order valence-electron chi connectivity index (χ4n) is 1.44. The van der Waals surface area contributed by atoms with Gasteiger partial charge in [-0.3, -0.25) is 4.21 Å². The lowest BCUT2D eigenvalue weighted by Crippen LogP contribution is -2.00. The van der Waals surface area contributed by atoms with Crippen LogP contribution in [0, 0.1) is 6.92 Å². The van der Waals surface area contributed by atoms with Crippen molar-refractivity contribution in [2.24, 2.45) is 0 Å². The zero-order valence-electron chi connectivity index (χ0n) is 8.97. The van der Waals surface area contributed by atoms with Gasteiger partial charge in [0.1, 0.15) is 0 Å². The molecule has 0 amide bonds. The van der Waals surface area contributed by atoms with Crippen molar-refractivity contribution in [2.75, 3.05) is 5.73 Å². The summed E-state index contributed by atoms with van der Waals surface area (Å²) in [6.07, 6.45) is 0. The molecule has 0 saturated carbocycles. The number of nitrogen functional groups attached to an aromatic ring is 1. The molecule has 16 heavy (non-hydrogen) atoms. The van der Waals surface area contributed by atoms with Gasteiger partial charge in [-0.2, -0.15) is 11.3 Å². The average Bonchev–Trinajstić information content (AvgIpc) is 2.74. The van der Waals surface area contributed by atoms with Crippen LogP contribution in [-0.2, 0) is 16.6 Å². The molecule has 84 valence electrons. The third kappa shape index (κ3) is 2.51. The Bertz CT molecular complexity index is 506. The summed E-state index contributed by atoms with van der Waals surface area (Å²) in [6.45, 7) is 1.98. The Balaban J connectivity index is 2.24. The highest BCUT2D eigenvalue weighted by Gasteiger charge is 2.09. The number of hydrogen-bond donors (Lipinski definition) is 1. The smallest absolute Gasteiger partial charge is 0.0623 e. The maximum atomic E-state index is 12.1. The van der Waals surface area contributed by atoms with Crippen LogP contribution in [0.5, 0.6) is 0 Å². The summed E-state index contributed by atoms with van der Waals surface area (Å²) in [6, 6.07) is 7.64. The summed E-state index contributed by atoms with van der Waals surface area (Å²) in [5.74, 6) is 0.539. The monoisotopic (exact) mass is 251 g/mol. The lowest BCUT2D eigenvalue weighted by atomic mass is 10.2. The van der Waals surface area contributed by atoms with Crippen molar-refractivity contribution in [1.29, 1.82) is 0 Å². The largest absolute Gasteiger partial charge is 0.398 e. The summed E-state index contributed by atoms with van der Waals surface area (Å²) in [7, 11) is -1.05. The van der Waals surface area contributed by atoms with E-state index in [0.717, 1.165) is 16.0 Å². The molecule has 1 aromatic heterocycles. The second-order valence-corrected chi connectivity index (χ2v) is 5.86. The van der Waals surface area contributed by atoms with Crippen LogP contribution in [0.25, 0.3) is 0 Å². The molecule has 0 aliphatic rings.